The minimum Gasteiger partial charge on any atom is -0.458 e. The predicted molar refractivity (Wildman–Crippen MR) is 505 cm³/mol. The maximum Gasteiger partial charge on any atom is 0.264 e. The summed E-state index contributed by atoms with van der Waals surface area (Å²) < 4.78 is 237. The Labute approximate surface area is 748 Å². The lowest BCUT2D eigenvalue weighted by atomic mass is 9.31. The Kier molecular flexibility index (Phi) is 15.3. The Morgan fingerprint density at radius 3 is 0.856 bits per heavy atom. The van der Waals surface area contributed by atoms with E-state index in [1.54, 1.807) is 72.8 Å². The Morgan fingerprint density at radius 1 is 0.212 bits per heavy atom. The summed E-state index contributed by atoms with van der Waals surface area (Å²) in [5.74, 6) is -10.5. The van der Waals surface area contributed by atoms with Crippen molar-refractivity contribution in [3.05, 3.63) is 373 Å². The number of fused-ring (bicyclic) bond motifs is 25. The molecule has 9 nitrogen and oxygen atoms in total. The van der Waals surface area contributed by atoms with Crippen LogP contribution in [0.5, 0.6) is 23.0 Å². The first-order valence-corrected chi connectivity index (χ1v) is 44.1. The van der Waals surface area contributed by atoms with Gasteiger partial charge in [-0.15, -0.1) is 22.7 Å². The van der Waals surface area contributed by atoms with Crippen molar-refractivity contribution in [3.63, 3.8) is 0 Å². The van der Waals surface area contributed by atoms with Gasteiger partial charge in [0.25, 0.3) is 20.1 Å². The number of anilines is 12. The van der Waals surface area contributed by atoms with Gasteiger partial charge in [-0.2, -0.15) is 0 Å². The third-order valence-electron chi connectivity index (χ3n) is 27.2. The number of benzene rings is 17. The van der Waals surface area contributed by atoms with Gasteiger partial charge in [-0.1, -0.05) is 158 Å². The SMILES string of the molecule is Fc1cccc(F)c1N1c2cc3c(cc2B2c4sc5ccccc5c4N(c4c(F)cccc4F)c4cc(-n5c6c(F)cccc6c6cccc(F)c65)cc1c42)B1c2cc4c(cc2Oc2cc(-n5c6ccccc6c6ccccc65)cc(c21)O3)N(c1c(F)cccc1F)c1cc(-n2c3c(F)cccc3c3cccc(F)c32)cc2c1B4c1sc3ccccc3c1N2c1c(F)cccc1F. The number of hydrogen-bond donors (Lipinski definition) is 0. The number of nitrogens with zero attached hydrogens (tertiary/aromatic N) is 7. The number of ether oxygens (including phenoxy) is 2. The highest BCUT2D eigenvalue weighted by atomic mass is 32.1. The van der Waals surface area contributed by atoms with E-state index in [1.807, 2.05) is 109 Å². The average molecular weight is 1780 g/mol. The van der Waals surface area contributed by atoms with Crippen LogP contribution in [0.15, 0.2) is 303 Å². The Morgan fingerprint density at radius 2 is 0.500 bits per heavy atom. The fourth-order valence-corrected chi connectivity index (χ4v) is 24.9. The summed E-state index contributed by atoms with van der Waals surface area (Å²) in [6, 6.07) is 79.3. The van der Waals surface area contributed by atoms with Gasteiger partial charge in [0.05, 0.1) is 61.5 Å². The molecule has 5 aromatic heterocycles. The van der Waals surface area contributed by atoms with Gasteiger partial charge in [0.1, 0.15) is 116 Å². The first-order chi connectivity index (χ1) is 64.5. The number of halogens is 12. The molecule has 0 bridgehead atoms. The van der Waals surface area contributed by atoms with Crippen LogP contribution in [0.3, 0.4) is 0 Å². The van der Waals surface area contributed by atoms with Crippen molar-refractivity contribution in [2.75, 3.05) is 19.6 Å². The molecule has 0 saturated carbocycles. The van der Waals surface area contributed by atoms with Crippen LogP contribution in [0.1, 0.15) is 0 Å². The highest BCUT2D eigenvalue weighted by Crippen LogP contribution is 2.57. The van der Waals surface area contributed by atoms with Gasteiger partial charge in [0.15, 0.2) is 0 Å². The molecule has 626 valence electrons. The number of hydrogen-bond acceptors (Lipinski definition) is 8. The molecule has 0 aliphatic carbocycles. The second-order valence-corrected chi connectivity index (χ2v) is 36.0. The molecule has 0 atom stereocenters. The van der Waals surface area contributed by atoms with Gasteiger partial charge in [-0.05, 0) is 154 Å². The summed E-state index contributed by atoms with van der Waals surface area (Å²) >= 11 is 2.66. The van der Waals surface area contributed by atoms with E-state index in [0.717, 1.165) is 70.3 Å². The van der Waals surface area contributed by atoms with Crippen molar-refractivity contribution in [1.29, 1.82) is 0 Å². The maximum atomic E-state index is 18.3. The summed E-state index contributed by atoms with van der Waals surface area (Å²) in [7, 11) is 0. The molecule has 26 heteroatoms. The average Bonchev–Trinajstić information content (AvgIpc) is 1.34. The number of thiophene rings is 2. The molecule has 0 unspecified atom stereocenters. The first kappa shape index (κ1) is 75.2. The molecule has 22 aromatic rings. The molecule has 17 aromatic carbocycles. The molecular formula is C106H50B3F12N7O2S2. The summed E-state index contributed by atoms with van der Waals surface area (Å²) in [4.78, 5) is 5.71. The molecule has 0 radical (unpaired) electrons. The van der Waals surface area contributed by atoms with Crippen LogP contribution in [0.25, 0.3) is 103 Å². The molecule has 0 fully saturated rings. The van der Waals surface area contributed by atoms with Crippen LogP contribution in [0, 0.1) is 69.8 Å². The van der Waals surface area contributed by atoms with Crippen LogP contribution >= 0.6 is 22.7 Å². The van der Waals surface area contributed by atoms with Gasteiger partial charge >= 0.3 is 0 Å². The van der Waals surface area contributed by atoms with Crippen molar-refractivity contribution in [3.8, 4) is 40.1 Å². The Bertz CT molecular complexity index is 8400. The van der Waals surface area contributed by atoms with Crippen molar-refractivity contribution in [1.82, 2.24) is 13.7 Å². The van der Waals surface area contributed by atoms with E-state index in [-0.39, 0.29) is 101 Å². The summed E-state index contributed by atoms with van der Waals surface area (Å²) in [5, 5.41) is 4.14. The van der Waals surface area contributed by atoms with E-state index < -0.39 is 113 Å². The maximum absolute atomic E-state index is 18.3. The fraction of sp³-hybridized carbons (Fsp3) is 0. The zero-order valence-corrected chi connectivity index (χ0v) is 69.5. The van der Waals surface area contributed by atoms with Crippen LogP contribution in [0.2, 0.25) is 0 Å². The van der Waals surface area contributed by atoms with E-state index in [4.69, 9.17) is 9.47 Å². The molecule has 0 saturated heterocycles. The molecule has 11 heterocycles. The number of aromatic nitrogens is 3. The Hall–Kier alpha value is -15.8. The van der Waals surface area contributed by atoms with E-state index >= 15 is 52.7 Å². The Balaban J connectivity index is 0.764. The second kappa shape index (κ2) is 26.9. The zero-order chi connectivity index (χ0) is 88.3. The van der Waals surface area contributed by atoms with E-state index in [0.29, 0.717) is 95.6 Å². The second-order valence-electron chi connectivity index (χ2n) is 33.9. The van der Waals surface area contributed by atoms with Crippen LogP contribution in [-0.2, 0) is 0 Å². The lowest BCUT2D eigenvalue weighted by Gasteiger charge is -2.45. The summed E-state index contributed by atoms with van der Waals surface area (Å²) in [6.45, 7) is -3.20. The van der Waals surface area contributed by atoms with Crippen LogP contribution in [-0.4, -0.2) is 33.8 Å². The third-order valence-corrected chi connectivity index (χ3v) is 29.7. The highest BCUT2D eigenvalue weighted by molar-refractivity contribution is 7.34. The predicted octanol–water partition coefficient (Wildman–Crippen LogP) is 24.0. The summed E-state index contributed by atoms with van der Waals surface area (Å²) in [5.41, 5.74) is 3.33. The van der Waals surface area contributed by atoms with E-state index in [1.165, 1.54) is 124 Å². The standard InChI is InChI=1S/C106H50B3F12N7O2S2/c110-66-25-9-21-56-57-22-10-26-67(111)96(57)123(95(56)66)51-41-82-92-84(43-51)127(103-74(118)33-15-34-75(103)119)99-60-19-3-7-39-90(60)131-105(99)108(92)62-47-64-86(49-80(62)125(82)101-70(114)29-13-30-71(101)115)129-88-45-53(122-78-37-5-1-17-54(78)55-18-2-6-38-79(55)122)46-89-94(88)107(64)65-48-63-81(50-87(65)130-89)126(102-72(116)31-14-32-73(102)117)83-42-52(124-97-58(23-11-27-68(97)112)59-24-12-28-69(113)98(59)124)44-85-93(83)109(63)106-100(61-20-4-8-40-91(61)132-106)128(85)104-76(120)35-16-36-77(104)121/h1-50H. The molecule has 0 N–H and O–H groups in total. The highest BCUT2D eigenvalue weighted by Gasteiger charge is 2.54. The quantitative estimate of drug-likeness (QED) is 0.117. The monoisotopic (exact) mass is 1780 g/mol. The first-order valence-electron chi connectivity index (χ1n) is 42.5. The molecule has 0 amide bonds. The largest absolute Gasteiger partial charge is 0.458 e. The van der Waals surface area contributed by atoms with Gasteiger partial charge in [0.2, 0.25) is 0 Å². The minimum atomic E-state index is -1.07. The molecule has 6 aliphatic rings. The fourth-order valence-electron chi connectivity index (χ4n) is 22.2. The van der Waals surface area contributed by atoms with Crippen molar-refractivity contribution >= 4 is 244 Å². The summed E-state index contributed by atoms with van der Waals surface area (Å²) in [6.07, 6.45) is 0. The van der Waals surface area contributed by atoms with Crippen LogP contribution < -0.4 is 76.9 Å². The minimum absolute atomic E-state index is 0.0243. The van der Waals surface area contributed by atoms with Crippen molar-refractivity contribution in [2.24, 2.45) is 0 Å². The van der Waals surface area contributed by atoms with Gasteiger partial charge in [-0.25, -0.2) is 52.7 Å². The molecular weight excluding hydrogens is 1730 g/mol. The van der Waals surface area contributed by atoms with Gasteiger partial charge < -0.3 is 42.8 Å². The number of rotatable bonds is 7. The molecule has 6 aliphatic heterocycles. The molecule has 0 spiro atoms. The van der Waals surface area contributed by atoms with E-state index in [2.05, 4.69) is 4.57 Å². The lowest BCUT2D eigenvalue weighted by Crippen LogP contribution is -2.65. The van der Waals surface area contributed by atoms with Crippen LogP contribution in [0.4, 0.5) is 121 Å². The molecule has 28 rings (SSSR count). The molecule has 132 heavy (non-hydrogen) atoms. The lowest BCUT2D eigenvalue weighted by molar-refractivity contribution is 0.464. The normalized spacial score (nSPS) is 13.6. The van der Waals surface area contributed by atoms with Crippen molar-refractivity contribution < 1.29 is 62.2 Å². The zero-order valence-electron chi connectivity index (χ0n) is 67.9. The van der Waals surface area contributed by atoms with Crippen molar-refractivity contribution in [2.45, 2.75) is 0 Å². The number of para-hydroxylation sites is 10. The van der Waals surface area contributed by atoms with E-state index in [9.17, 15) is 0 Å². The van der Waals surface area contributed by atoms with Gasteiger partial charge in [-0.3, -0.25) is 0 Å². The van der Waals surface area contributed by atoms with Gasteiger partial charge in [0, 0.05) is 126 Å². The third kappa shape index (κ3) is 9.92. The topological polar surface area (TPSA) is 46.2 Å². The smallest absolute Gasteiger partial charge is 0.264 e.